The molecule has 0 unspecified atom stereocenters. The van der Waals surface area contributed by atoms with Crippen LogP contribution in [0.5, 0.6) is 0 Å². The summed E-state index contributed by atoms with van der Waals surface area (Å²) in [6, 6.07) is 2.39. The average Bonchev–Trinajstić information content (AvgIpc) is 2.38. The zero-order valence-electron chi connectivity index (χ0n) is 12.9. The maximum Gasteiger partial charge on any atom is 0.0930 e. The summed E-state index contributed by atoms with van der Waals surface area (Å²) in [5.41, 5.74) is 12.7. The molecule has 106 valence electrons. The molecule has 0 spiro atoms. The molecule has 2 heteroatoms. The summed E-state index contributed by atoms with van der Waals surface area (Å²) >= 11 is 0. The highest BCUT2D eigenvalue weighted by Gasteiger charge is 2.15. The van der Waals surface area contributed by atoms with Gasteiger partial charge in [0.05, 0.1) is 5.82 Å². The topological polar surface area (TPSA) is 38.0 Å². The molecule has 0 amide bonds. The van der Waals surface area contributed by atoms with E-state index in [0.717, 1.165) is 25.7 Å². The summed E-state index contributed by atoms with van der Waals surface area (Å²) in [6.45, 7) is 12.7. The molecule has 0 aliphatic heterocycles. The fraction of sp³-hybridized carbons (Fsp3) is 0.529. The van der Waals surface area contributed by atoms with E-state index in [0.29, 0.717) is 5.82 Å². The molecule has 0 saturated carbocycles. The molecular formula is C17H28N2. The zero-order valence-corrected chi connectivity index (χ0v) is 12.9. The van der Waals surface area contributed by atoms with E-state index >= 15 is 0 Å². The van der Waals surface area contributed by atoms with Crippen LogP contribution in [0.3, 0.4) is 0 Å². The van der Waals surface area contributed by atoms with Gasteiger partial charge in [-0.3, -0.25) is 0 Å². The average molecular weight is 260 g/mol. The molecule has 0 heterocycles. The third kappa shape index (κ3) is 3.52. The van der Waals surface area contributed by atoms with E-state index in [4.69, 9.17) is 5.73 Å². The lowest BCUT2D eigenvalue weighted by Crippen LogP contribution is -2.13. The maximum absolute atomic E-state index is 5.78. The molecule has 19 heavy (non-hydrogen) atoms. The first-order valence-corrected chi connectivity index (χ1v) is 7.46. The van der Waals surface area contributed by atoms with E-state index in [-0.39, 0.29) is 0 Å². The molecule has 0 aliphatic rings. The zero-order chi connectivity index (χ0) is 14.4. The third-order valence-corrected chi connectivity index (χ3v) is 3.62. The van der Waals surface area contributed by atoms with Crippen LogP contribution >= 0.6 is 0 Å². The molecule has 1 aromatic rings. The number of aryl methyl sites for hydroxylation is 2. The first-order chi connectivity index (χ1) is 9.08. The molecule has 0 atom stereocenters. The Morgan fingerprint density at radius 2 is 1.63 bits per heavy atom. The van der Waals surface area contributed by atoms with Crippen molar-refractivity contribution in [2.75, 3.05) is 5.32 Å². The summed E-state index contributed by atoms with van der Waals surface area (Å²) in [6.07, 6.45) is 5.42. The van der Waals surface area contributed by atoms with Crippen LogP contribution in [0.15, 0.2) is 18.5 Å². The highest BCUT2D eigenvalue weighted by molar-refractivity contribution is 5.65. The molecular weight excluding hydrogens is 232 g/mol. The largest absolute Gasteiger partial charge is 0.386 e. The van der Waals surface area contributed by atoms with Crippen molar-refractivity contribution in [1.29, 1.82) is 0 Å². The van der Waals surface area contributed by atoms with Crippen molar-refractivity contribution in [1.82, 2.24) is 0 Å². The van der Waals surface area contributed by atoms with Gasteiger partial charge in [-0.05, 0) is 47.9 Å². The molecule has 3 N–H and O–H groups in total. The van der Waals surface area contributed by atoms with Crippen LogP contribution < -0.4 is 11.1 Å². The fourth-order valence-electron chi connectivity index (χ4n) is 2.81. The standard InChI is InChI=1S/C17H28N2/c1-6-10-14-11-13(7-2)15(8-3)17(16(14)9-4)19-12(5)18/h11,19H,5-10,18H2,1-4H3. The minimum Gasteiger partial charge on any atom is -0.386 e. The van der Waals surface area contributed by atoms with E-state index < -0.39 is 0 Å². The van der Waals surface area contributed by atoms with E-state index in [1.54, 1.807) is 0 Å². The van der Waals surface area contributed by atoms with Crippen LogP contribution in [-0.2, 0) is 25.7 Å². The number of nitrogens with one attached hydrogen (secondary N) is 1. The van der Waals surface area contributed by atoms with Crippen molar-refractivity contribution in [3.63, 3.8) is 0 Å². The molecule has 0 aromatic heterocycles. The van der Waals surface area contributed by atoms with Gasteiger partial charge in [-0.2, -0.15) is 0 Å². The van der Waals surface area contributed by atoms with Crippen molar-refractivity contribution < 1.29 is 0 Å². The lowest BCUT2D eigenvalue weighted by molar-refractivity contribution is 0.887. The van der Waals surface area contributed by atoms with Gasteiger partial charge in [-0.15, -0.1) is 0 Å². The Labute approximate surface area is 118 Å². The van der Waals surface area contributed by atoms with E-state index in [2.05, 4.69) is 45.7 Å². The normalized spacial score (nSPS) is 10.5. The van der Waals surface area contributed by atoms with E-state index in [1.165, 1.54) is 34.4 Å². The Bertz CT molecular complexity index is 447. The first-order valence-electron chi connectivity index (χ1n) is 7.46. The summed E-state index contributed by atoms with van der Waals surface area (Å²) in [5, 5.41) is 3.30. The van der Waals surface area contributed by atoms with Crippen LogP contribution in [0.4, 0.5) is 5.69 Å². The molecule has 1 aromatic carbocycles. The number of rotatable bonds is 7. The summed E-state index contributed by atoms with van der Waals surface area (Å²) in [7, 11) is 0. The predicted octanol–water partition coefficient (Wildman–Crippen LogP) is 4.17. The summed E-state index contributed by atoms with van der Waals surface area (Å²) in [4.78, 5) is 0. The number of anilines is 1. The van der Waals surface area contributed by atoms with Gasteiger partial charge in [0.1, 0.15) is 0 Å². The SMILES string of the molecule is C=C(N)Nc1c(CC)c(CC)cc(CCC)c1CC. The monoisotopic (exact) mass is 260 g/mol. The lowest BCUT2D eigenvalue weighted by Gasteiger charge is -2.22. The van der Waals surface area contributed by atoms with Crippen molar-refractivity contribution >= 4 is 5.69 Å². The Hall–Kier alpha value is -1.44. The molecule has 0 radical (unpaired) electrons. The lowest BCUT2D eigenvalue weighted by atomic mass is 9.89. The van der Waals surface area contributed by atoms with Gasteiger partial charge in [0, 0.05) is 5.69 Å². The predicted molar refractivity (Wildman–Crippen MR) is 85.5 cm³/mol. The highest BCUT2D eigenvalue weighted by Crippen LogP contribution is 2.31. The number of hydrogen-bond acceptors (Lipinski definition) is 2. The van der Waals surface area contributed by atoms with Crippen molar-refractivity contribution in [2.45, 2.75) is 59.8 Å². The van der Waals surface area contributed by atoms with E-state index in [9.17, 15) is 0 Å². The Kier molecular flexibility index (Phi) is 5.94. The smallest absolute Gasteiger partial charge is 0.0930 e. The second kappa shape index (κ2) is 7.22. The Morgan fingerprint density at radius 3 is 2.05 bits per heavy atom. The number of hydrogen-bond donors (Lipinski definition) is 2. The van der Waals surface area contributed by atoms with E-state index in [1.807, 2.05) is 0 Å². The van der Waals surface area contributed by atoms with Gasteiger partial charge in [0.2, 0.25) is 0 Å². The maximum atomic E-state index is 5.78. The van der Waals surface area contributed by atoms with Gasteiger partial charge in [0.15, 0.2) is 0 Å². The van der Waals surface area contributed by atoms with Gasteiger partial charge in [0.25, 0.3) is 0 Å². The number of nitrogens with two attached hydrogens (primary N) is 1. The van der Waals surface area contributed by atoms with Crippen LogP contribution in [0.25, 0.3) is 0 Å². The molecule has 2 nitrogen and oxygen atoms in total. The van der Waals surface area contributed by atoms with Gasteiger partial charge in [-0.25, -0.2) is 0 Å². The summed E-state index contributed by atoms with van der Waals surface area (Å²) in [5.74, 6) is 0.528. The minimum absolute atomic E-state index is 0.528. The van der Waals surface area contributed by atoms with Crippen LogP contribution in [0.1, 0.15) is 56.4 Å². The van der Waals surface area contributed by atoms with Crippen molar-refractivity contribution in [3.8, 4) is 0 Å². The third-order valence-electron chi connectivity index (χ3n) is 3.62. The Balaban J connectivity index is 3.49. The molecule has 0 saturated heterocycles. The summed E-state index contributed by atoms with van der Waals surface area (Å²) < 4.78 is 0. The van der Waals surface area contributed by atoms with Gasteiger partial charge < -0.3 is 11.1 Å². The Morgan fingerprint density at radius 1 is 1.05 bits per heavy atom. The fourth-order valence-corrected chi connectivity index (χ4v) is 2.81. The molecule has 0 aliphatic carbocycles. The second-order valence-corrected chi connectivity index (χ2v) is 4.99. The molecule has 0 bridgehead atoms. The van der Waals surface area contributed by atoms with Crippen LogP contribution in [-0.4, -0.2) is 0 Å². The van der Waals surface area contributed by atoms with Crippen LogP contribution in [0.2, 0.25) is 0 Å². The van der Waals surface area contributed by atoms with Gasteiger partial charge >= 0.3 is 0 Å². The number of benzene rings is 1. The second-order valence-electron chi connectivity index (χ2n) is 4.99. The molecule has 1 rings (SSSR count). The minimum atomic E-state index is 0.528. The molecule has 0 fully saturated rings. The van der Waals surface area contributed by atoms with Gasteiger partial charge in [-0.1, -0.05) is 46.8 Å². The quantitative estimate of drug-likeness (QED) is 0.772. The first kappa shape index (κ1) is 15.6. The highest BCUT2D eigenvalue weighted by atomic mass is 15.0. The van der Waals surface area contributed by atoms with Crippen molar-refractivity contribution in [3.05, 3.63) is 40.7 Å². The van der Waals surface area contributed by atoms with Crippen molar-refractivity contribution in [2.24, 2.45) is 5.73 Å². The van der Waals surface area contributed by atoms with Crippen LogP contribution in [0, 0.1) is 0 Å².